The highest BCUT2D eigenvalue weighted by atomic mass is 19.1. The Bertz CT molecular complexity index is 835. The topological polar surface area (TPSA) is 79.5 Å². The average molecular weight is 371 g/mol. The smallest absolute Gasteiger partial charge is 0.255 e. The summed E-state index contributed by atoms with van der Waals surface area (Å²) < 4.78 is 18.6. The van der Waals surface area contributed by atoms with Gasteiger partial charge in [0.2, 0.25) is 5.91 Å². The molecule has 0 radical (unpaired) electrons. The molecule has 2 aromatic carbocycles. The molecule has 1 saturated heterocycles. The van der Waals surface area contributed by atoms with Crippen LogP contribution in [0.15, 0.2) is 42.5 Å². The maximum Gasteiger partial charge on any atom is 0.255 e. The van der Waals surface area contributed by atoms with E-state index in [0.29, 0.717) is 17.1 Å². The number of ether oxygens (including phenoxy) is 1. The van der Waals surface area contributed by atoms with Crippen molar-refractivity contribution in [2.75, 3.05) is 30.8 Å². The molecular formula is C20H22FN3O3. The van der Waals surface area contributed by atoms with Crippen molar-refractivity contribution in [2.24, 2.45) is 5.92 Å². The molecule has 0 unspecified atom stereocenters. The molecule has 0 atom stereocenters. The zero-order valence-electron chi connectivity index (χ0n) is 15.0. The van der Waals surface area contributed by atoms with Crippen LogP contribution in [-0.4, -0.2) is 32.0 Å². The van der Waals surface area contributed by atoms with Crippen LogP contribution in [0.2, 0.25) is 0 Å². The molecule has 1 aliphatic rings. The lowest BCUT2D eigenvalue weighted by molar-refractivity contribution is -0.120. The van der Waals surface area contributed by atoms with Gasteiger partial charge in [0.1, 0.15) is 11.6 Å². The van der Waals surface area contributed by atoms with Gasteiger partial charge in [-0.15, -0.1) is 0 Å². The third-order valence-corrected chi connectivity index (χ3v) is 4.51. The molecule has 7 heteroatoms. The zero-order chi connectivity index (χ0) is 19.2. The molecule has 6 nitrogen and oxygen atoms in total. The fraction of sp³-hybridized carbons (Fsp3) is 0.300. The number of piperidine rings is 1. The summed E-state index contributed by atoms with van der Waals surface area (Å²) in [6.07, 6.45) is 1.59. The first-order valence-corrected chi connectivity index (χ1v) is 8.83. The van der Waals surface area contributed by atoms with Crippen molar-refractivity contribution in [2.45, 2.75) is 12.8 Å². The molecule has 0 bridgehead atoms. The maximum absolute atomic E-state index is 13.3. The van der Waals surface area contributed by atoms with Gasteiger partial charge in [0.15, 0.2) is 0 Å². The summed E-state index contributed by atoms with van der Waals surface area (Å²) in [7, 11) is 1.49. The average Bonchev–Trinajstić information content (AvgIpc) is 2.69. The van der Waals surface area contributed by atoms with Crippen molar-refractivity contribution < 1.29 is 18.7 Å². The molecular weight excluding hydrogens is 349 g/mol. The molecule has 3 rings (SSSR count). The lowest BCUT2D eigenvalue weighted by Gasteiger charge is -2.22. The van der Waals surface area contributed by atoms with E-state index >= 15 is 0 Å². The first kappa shape index (κ1) is 18.8. The molecule has 0 spiro atoms. The zero-order valence-corrected chi connectivity index (χ0v) is 15.0. The number of rotatable bonds is 5. The van der Waals surface area contributed by atoms with Crippen LogP contribution in [0.3, 0.4) is 0 Å². The van der Waals surface area contributed by atoms with Gasteiger partial charge in [-0.25, -0.2) is 4.39 Å². The number of carbonyl (C=O) groups is 2. The molecule has 0 aliphatic carbocycles. The summed E-state index contributed by atoms with van der Waals surface area (Å²) in [5.41, 5.74) is 1.16. The predicted molar refractivity (Wildman–Crippen MR) is 102 cm³/mol. The van der Waals surface area contributed by atoms with Crippen LogP contribution < -0.4 is 20.7 Å². The second-order valence-electron chi connectivity index (χ2n) is 6.39. The quantitative estimate of drug-likeness (QED) is 0.755. The van der Waals surface area contributed by atoms with Gasteiger partial charge in [-0.2, -0.15) is 0 Å². The van der Waals surface area contributed by atoms with Crippen LogP contribution in [-0.2, 0) is 4.79 Å². The molecule has 2 aromatic rings. The molecule has 2 amide bonds. The Morgan fingerprint density at radius 3 is 2.59 bits per heavy atom. The van der Waals surface area contributed by atoms with Gasteiger partial charge in [0.25, 0.3) is 5.91 Å². The van der Waals surface area contributed by atoms with E-state index in [9.17, 15) is 14.0 Å². The number of anilines is 2. The lowest BCUT2D eigenvalue weighted by atomic mass is 9.97. The van der Waals surface area contributed by atoms with E-state index in [1.54, 1.807) is 18.2 Å². The largest absolute Gasteiger partial charge is 0.495 e. The van der Waals surface area contributed by atoms with Gasteiger partial charge in [0, 0.05) is 17.2 Å². The predicted octanol–water partition coefficient (Wildman–Crippen LogP) is 3.02. The molecule has 142 valence electrons. The minimum atomic E-state index is -0.488. The molecule has 1 fully saturated rings. The monoisotopic (exact) mass is 371 g/mol. The van der Waals surface area contributed by atoms with Gasteiger partial charge < -0.3 is 20.7 Å². The van der Waals surface area contributed by atoms with Gasteiger partial charge in [-0.05, 0) is 62.3 Å². The Kier molecular flexibility index (Phi) is 6.03. The summed E-state index contributed by atoms with van der Waals surface area (Å²) in [4.78, 5) is 24.8. The third-order valence-electron chi connectivity index (χ3n) is 4.51. The van der Waals surface area contributed by atoms with Crippen molar-refractivity contribution in [3.05, 3.63) is 53.8 Å². The second-order valence-corrected chi connectivity index (χ2v) is 6.39. The van der Waals surface area contributed by atoms with Crippen molar-refractivity contribution in [1.29, 1.82) is 0 Å². The Morgan fingerprint density at radius 2 is 1.89 bits per heavy atom. The molecule has 1 aliphatic heterocycles. The number of amides is 2. The van der Waals surface area contributed by atoms with Gasteiger partial charge in [-0.3, -0.25) is 9.59 Å². The molecule has 0 aromatic heterocycles. The van der Waals surface area contributed by atoms with Crippen molar-refractivity contribution in [1.82, 2.24) is 5.32 Å². The molecule has 3 N–H and O–H groups in total. The van der Waals surface area contributed by atoms with E-state index in [4.69, 9.17) is 4.74 Å². The van der Waals surface area contributed by atoms with E-state index in [0.717, 1.165) is 32.0 Å². The van der Waals surface area contributed by atoms with Crippen LogP contribution in [0.5, 0.6) is 5.75 Å². The number of carbonyl (C=O) groups excluding carboxylic acids is 2. The van der Waals surface area contributed by atoms with E-state index in [-0.39, 0.29) is 17.4 Å². The van der Waals surface area contributed by atoms with Gasteiger partial charge in [-0.1, -0.05) is 6.07 Å². The first-order chi connectivity index (χ1) is 13.1. The van der Waals surface area contributed by atoms with Crippen LogP contribution in [0.4, 0.5) is 15.8 Å². The number of benzene rings is 2. The SMILES string of the molecule is COc1ccc(NC(=O)C2CCNCC2)cc1NC(=O)c1cccc(F)c1. The van der Waals surface area contributed by atoms with Crippen LogP contribution >= 0.6 is 0 Å². The molecule has 1 heterocycles. The summed E-state index contributed by atoms with van der Waals surface area (Å²) in [5.74, 6) is -0.574. The Hall–Kier alpha value is -2.93. The van der Waals surface area contributed by atoms with E-state index in [1.807, 2.05) is 0 Å². The van der Waals surface area contributed by atoms with Crippen molar-refractivity contribution in [3.8, 4) is 5.75 Å². The standard InChI is InChI=1S/C20H22FN3O3/c1-27-18-6-5-16(23-19(25)13-7-9-22-10-8-13)12-17(18)24-20(26)14-3-2-4-15(21)11-14/h2-6,11-13,22H,7-10H2,1H3,(H,23,25)(H,24,26). The summed E-state index contributed by atoms with van der Waals surface area (Å²) >= 11 is 0. The number of halogens is 1. The van der Waals surface area contributed by atoms with Crippen LogP contribution in [0.1, 0.15) is 23.2 Å². The van der Waals surface area contributed by atoms with Crippen LogP contribution in [0.25, 0.3) is 0 Å². The number of methoxy groups -OCH3 is 1. The summed E-state index contributed by atoms with van der Waals surface area (Å²) in [6, 6.07) is 10.4. The second kappa shape index (κ2) is 8.64. The lowest BCUT2D eigenvalue weighted by Crippen LogP contribution is -2.34. The highest BCUT2D eigenvalue weighted by molar-refractivity contribution is 6.05. The van der Waals surface area contributed by atoms with E-state index in [2.05, 4.69) is 16.0 Å². The third kappa shape index (κ3) is 4.83. The fourth-order valence-electron chi connectivity index (χ4n) is 3.04. The number of nitrogens with one attached hydrogen (secondary N) is 3. The molecule has 0 saturated carbocycles. The van der Waals surface area contributed by atoms with Crippen molar-refractivity contribution in [3.63, 3.8) is 0 Å². The van der Waals surface area contributed by atoms with E-state index in [1.165, 1.54) is 25.3 Å². The Morgan fingerprint density at radius 1 is 1.11 bits per heavy atom. The van der Waals surface area contributed by atoms with Crippen molar-refractivity contribution >= 4 is 23.2 Å². The highest BCUT2D eigenvalue weighted by Gasteiger charge is 2.21. The minimum Gasteiger partial charge on any atom is -0.495 e. The maximum atomic E-state index is 13.3. The molecule has 27 heavy (non-hydrogen) atoms. The van der Waals surface area contributed by atoms with Crippen LogP contribution in [0, 0.1) is 11.7 Å². The number of hydrogen-bond donors (Lipinski definition) is 3. The normalized spacial score (nSPS) is 14.4. The summed E-state index contributed by atoms with van der Waals surface area (Å²) in [5, 5.41) is 8.83. The minimum absolute atomic E-state index is 0.0290. The highest BCUT2D eigenvalue weighted by Crippen LogP contribution is 2.29. The fourth-order valence-corrected chi connectivity index (χ4v) is 3.04. The van der Waals surface area contributed by atoms with Gasteiger partial charge in [0.05, 0.1) is 12.8 Å². The Labute approximate surface area is 157 Å². The summed E-state index contributed by atoms with van der Waals surface area (Å²) in [6.45, 7) is 1.66. The Balaban J connectivity index is 1.75. The van der Waals surface area contributed by atoms with E-state index < -0.39 is 11.7 Å². The first-order valence-electron chi connectivity index (χ1n) is 8.83. The number of hydrogen-bond acceptors (Lipinski definition) is 4. The van der Waals surface area contributed by atoms with Gasteiger partial charge >= 0.3 is 0 Å².